The van der Waals surface area contributed by atoms with Crippen molar-refractivity contribution in [2.45, 2.75) is 111 Å². The molecule has 0 aliphatic heterocycles. The predicted octanol–water partition coefficient (Wildman–Crippen LogP) is 7.20. The lowest BCUT2D eigenvalue weighted by atomic mass is 9.87. The molecular formula is C37H54N4O6. The van der Waals surface area contributed by atoms with Crippen LogP contribution in [-0.2, 0) is 33.8 Å². The Balaban J connectivity index is 1.70. The van der Waals surface area contributed by atoms with Gasteiger partial charge in [0.2, 0.25) is 0 Å². The number of carbonyl (C=O) groups excluding carboxylic acids is 4. The number of esters is 1. The number of alkyl carbamates (subject to hydrolysis) is 1. The van der Waals surface area contributed by atoms with Gasteiger partial charge in [0.15, 0.2) is 0 Å². The molecule has 5 amide bonds. The number of imide groups is 1. The summed E-state index contributed by atoms with van der Waals surface area (Å²) < 4.78 is 10.8. The number of amides is 5. The highest BCUT2D eigenvalue weighted by Crippen LogP contribution is 2.26. The van der Waals surface area contributed by atoms with Gasteiger partial charge >= 0.3 is 24.1 Å². The normalized spacial score (nSPS) is 13.7. The summed E-state index contributed by atoms with van der Waals surface area (Å²) in [5.41, 5.74) is 1.43. The Hall–Kier alpha value is -4.08. The van der Waals surface area contributed by atoms with Crippen LogP contribution in [0.4, 0.5) is 14.4 Å². The Bertz CT molecular complexity index is 1290. The van der Waals surface area contributed by atoms with E-state index in [0.717, 1.165) is 36.0 Å². The summed E-state index contributed by atoms with van der Waals surface area (Å²) in [6, 6.07) is 16.1. The van der Waals surface area contributed by atoms with Gasteiger partial charge in [-0.2, -0.15) is 0 Å². The number of carbonyl (C=O) groups is 4. The first-order valence-corrected chi connectivity index (χ1v) is 16.8. The van der Waals surface area contributed by atoms with Crippen LogP contribution < -0.4 is 10.6 Å². The molecule has 258 valence electrons. The number of benzene rings is 2. The second-order valence-electron chi connectivity index (χ2n) is 14.3. The smallest absolute Gasteiger partial charge is 0.407 e. The Morgan fingerprint density at radius 3 is 1.87 bits per heavy atom. The summed E-state index contributed by atoms with van der Waals surface area (Å²) in [4.78, 5) is 55.3. The van der Waals surface area contributed by atoms with Crippen LogP contribution in [0, 0.1) is 5.92 Å². The van der Waals surface area contributed by atoms with Crippen molar-refractivity contribution in [2.24, 2.45) is 5.92 Å². The molecule has 0 spiro atoms. The summed E-state index contributed by atoms with van der Waals surface area (Å²) in [6.45, 7) is 11.6. The molecule has 10 nitrogen and oxygen atoms in total. The van der Waals surface area contributed by atoms with Crippen LogP contribution in [0.3, 0.4) is 0 Å². The number of rotatable bonds is 12. The highest BCUT2D eigenvalue weighted by atomic mass is 16.6. The number of ether oxygens (including phenoxy) is 2. The van der Waals surface area contributed by atoms with Crippen LogP contribution in [0.15, 0.2) is 54.6 Å². The lowest BCUT2D eigenvalue weighted by Crippen LogP contribution is -2.52. The molecule has 1 aliphatic carbocycles. The van der Waals surface area contributed by atoms with E-state index in [2.05, 4.69) is 10.6 Å². The molecule has 0 radical (unpaired) electrons. The highest BCUT2D eigenvalue weighted by Gasteiger charge is 2.30. The molecule has 0 bridgehead atoms. The third-order valence-electron chi connectivity index (χ3n) is 7.79. The summed E-state index contributed by atoms with van der Waals surface area (Å²) in [5, 5.41) is 5.63. The third kappa shape index (κ3) is 14.5. The summed E-state index contributed by atoms with van der Waals surface area (Å²) in [7, 11) is 0. The van der Waals surface area contributed by atoms with Crippen LogP contribution in [-0.4, -0.2) is 64.8 Å². The monoisotopic (exact) mass is 650 g/mol. The van der Waals surface area contributed by atoms with Crippen LogP contribution in [0.2, 0.25) is 0 Å². The van der Waals surface area contributed by atoms with E-state index in [1.165, 1.54) is 29.1 Å². The van der Waals surface area contributed by atoms with Gasteiger partial charge in [0, 0.05) is 26.2 Å². The van der Waals surface area contributed by atoms with Crippen LogP contribution in [0.1, 0.15) is 96.8 Å². The third-order valence-corrected chi connectivity index (χ3v) is 7.79. The lowest BCUT2D eigenvalue weighted by Gasteiger charge is -2.32. The van der Waals surface area contributed by atoms with Crippen molar-refractivity contribution >= 4 is 24.1 Å². The molecule has 2 aromatic rings. The van der Waals surface area contributed by atoms with Gasteiger partial charge in [-0.3, -0.25) is 4.79 Å². The molecular weight excluding hydrogens is 596 g/mol. The minimum atomic E-state index is -0.694. The Kier molecular flexibility index (Phi) is 14.1. The average Bonchev–Trinajstić information content (AvgIpc) is 3.01. The standard InChI is InChI=1S/C37H54N4O6/c1-36(2,3)46-32(42)27-40(23-21-28-13-9-7-10-14-28)35(45)41(24-22-29-15-11-8-12-16-29)33(43)38-25-30-17-19-31(20-18-30)26-39-34(44)47-37(4,5)6/h8,11-12,15-20,28H,7,9-10,13-14,21-27H2,1-6H3,(H,38,43)(H,39,44). The van der Waals surface area contributed by atoms with E-state index in [-0.39, 0.29) is 19.6 Å². The fourth-order valence-electron chi connectivity index (χ4n) is 5.46. The quantitative estimate of drug-likeness (QED) is 0.235. The molecule has 2 N–H and O–H groups in total. The first-order valence-electron chi connectivity index (χ1n) is 16.8. The van der Waals surface area contributed by atoms with E-state index in [1.807, 2.05) is 75.4 Å². The SMILES string of the molecule is CC(C)(C)OC(=O)CN(CCC1CCCCC1)C(=O)N(CCc1ccccc1)C(=O)NCc1ccc(CNC(=O)OC(C)(C)C)cc1. The maximum absolute atomic E-state index is 14.1. The molecule has 2 aromatic carbocycles. The predicted molar refractivity (Wildman–Crippen MR) is 183 cm³/mol. The first-order chi connectivity index (χ1) is 22.2. The molecule has 3 rings (SSSR count). The molecule has 0 heterocycles. The van der Waals surface area contributed by atoms with Crippen LogP contribution in [0.5, 0.6) is 0 Å². The molecule has 0 atom stereocenters. The summed E-state index contributed by atoms with van der Waals surface area (Å²) >= 11 is 0. The maximum Gasteiger partial charge on any atom is 0.407 e. The number of nitrogens with zero attached hydrogens (tertiary/aromatic N) is 2. The van der Waals surface area contributed by atoms with Crippen LogP contribution in [0.25, 0.3) is 0 Å². The maximum atomic E-state index is 14.1. The van der Waals surface area contributed by atoms with Crippen molar-refractivity contribution in [1.29, 1.82) is 0 Å². The van der Waals surface area contributed by atoms with Gasteiger partial charge in [-0.05, 0) is 77.0 Å². The van der Waals surface area contributed by atoms with Gasteiger partial charge < -0.3 is 25.0 Å². The topological polar surface area (TPSA) is 117 Å². The van der Waals surface area contributed by atoms with Crippen molar-refractivity contribution in [3.63, 3.8) is 0 Å². The molecule has 0 saturated heterocycles. The van der Waals surface area contributed by atoms with Crippen LogP contribution >= 0.6 is 0 Å². The summed E-state index contributed by atoms with van der Waals surface area (Å²) in [5.74, 6) is -0.00857. The minimum absolute atomic E-state index is 0.151. The second kappa shape index (κ2) is 17.7. The molecule has 1 fully saturated rings. The zero-order valence-corrected chi connectivity index (χ0v) is 29.1. The number of hydrogen-bond acceptors (Lipinski definition) is 6. The zero-order chi connectivity index (χ0) is 34.5. The number of urea groups is 2. The molecule has 1 aliphatic rings. The van der Waals surface area contributed by atoms with Gasteiger partial charge in [0.05, 0.1) is 0 Å². The lowest BCUT2D eigenvalue weighted by molar-refractivity contribution is -0.155. The van der Waals surface area contributed by atoms with E-state index in [0.29, 0.717) is 25.4 Å². The second-order valence-corrected chi connectivity index (χ2v) is 14.3. The minimum Gasteiger partial charge on any atom is -0.459 e. The van der Waals surface area contributed by atoms with Crippen molar-refractivity contribution in [3.05, 3.63) is 71.3 Å². The molecule has 47 heavy (non-hydrogen) atoms. The molecule has 0 unspecified atom stereocenters. The van der Waals surface area contributed by atoms with Gasteiger partial charge in [-0.25, -0.2) is 19.3 Å². The highest BCUT2D eigenvalue weighted by molar-refractivity contribution is 5.94. The molecule has 1 saturated carbocycles. The molecule has 0 aromatic heterocycles. The summed E-state index contributed by atoms with van der Waals surface area (Å²) in [6.07, 6.45) is 6.57. The van der Waals surface area contributed by atoms with Crippen molar-refractivity contribution in [1.82, 2.24) is 20.4 Å². The van der Waals surface area contributed by atoms with Crippen molar-refractivity contribution in [2.75, 3.05) is 19.6 Å². The van der Waals surface area contributed by atoms with E-state index >= 15 is 0 Å². The van der Waals surface area contributed by atoms with E-state index in [1.54, 1.807) is 20.8 Å². The Morgan fingerprint density at radius 1 is 0.723 bits per heavy atom. The largest absolute Gasteiger partial charge is 0.459 e. The van der Waals surface area contributed by atoms with Crippen molar-refractivity contribution in [3.8, 4) is 0 Å². The van der Waals surface area contributed by atoms with E-state index in [4.69, 9.17) is 9.47 Å². The average molecular weight is 651 g/mol. The van der Waals surface area contributed by atoms with Gasteiger partial charge in [-0.1, -0.05) is 86.7 Å². The Labute approximate surface area is 280 Å². The fraction of sp³-hybridized carbons (Fsp3) is 0.568. The van der Waals surface area contributed by atoms with Gasteiger partial charge in [0.25, 0.3) is 0 Å². The molecule has 10 heteroatoms. The van der Waals surface area contributed by atoms with E-state index < -0.39 is 35.3 Å². The first kappa shape index (κ1) is 37.4. The fourth-order valence-corrected chi connectivity index (χ4v) is 5.46. The number of nitrogens with one attached hydrogen (secondary N) is 2. The van der Waals surface area contributed by atoms with Gasteiger partial charge in [-0.15, -0.1) is 0 Å². The van der Waals surface area contributed by atoms with Gasteiger partial charge in [0.1, 0.15) is 17.7 Å². The van der Waals surface area contributed by atoms with E-state index in [9.17, 15) is 19.2 Å². The number of hydrogen-bond donors (Lipinski definition) is 2. The zero-order valence-electron chi connectivity index (χ0n) is 29.1. The Morgan fingerprint density at radius 2 is 1.30 bits per heavy atom. The van der Waals surface area contributed by atoms with Crippen molar-refractivity contribution < 1.29 is 28.7 Å².